The van der Waals surface area contributed by atoms with Crippen molar-refractivity contribution < 1.29 is 22.0 Å². The predicted molar refractivity (Wildman–Crippen MR) is 124 cm³/mol. The van der Waals surface area contributed by atoms with Gasteiger partial charge in [0.05, 0.1) is 11.5 Å². The minimum absolute atomic E-state index is 0.0156. The van der Waals surface area contributed by atoms with Crippen LogP contribution in [0.5, 0.6) is 5.75 Å². The molecule has 170 valence electrons. The Kier molecular flexibility index (Phi) is 6.67. The highest BCUT2D eigenvalue weighted by Gasteiger charge is 2.28. The van der Waals surface area contributed by atoms with Crippen molar-refractivity contribution in [1.29, 1.82) is 0 Å². The van der Waals surface area contributed by atoms with E-state index in [-0.39, 0.29) is 34.1 Å². The SMILES string of the molecule is CCOc1ccc(-c2nc(S(=O)(=O)c3ccc(Cl)cc3)c(NCc3ccc(F)cc3)o2)cc1. The first kappa shape index (κ1) is 22.8. The van der Waals surface area contributed by atoms with Gasteiger partial charge in [-0.05, 0) is 73.2 Å². The summed E-state index contributed by atoms with van der Waals surface area (Å²) in [6.07, 6.45) is 0. The van der Waals surface area contributed by atoms with Gasteiger partial charge in [-0.2, -0.15) is 4.98 Å². The van der Waals surface area contributed by atoms with E-state index in [0.29, 0.717) is 22.9 Å². The van der Waals surface area contributed by atoms with E-state index in [2.05, 4.69) is 10.3 Å². The highest BCUT2D eigenvalue weighted by atomic mass is 35.5. The topological polar surface area (TPSA) is 81.4 Å². The first-order valence-electron chi connectivity index (χ1n) is 10.1. The van der Waals surface area contributed by atoms with Crippen molar-refractivity contribution in [1.82, 2.24) is 4.98 Å². The summed E-state index contributed by atoms with van der Waals surface area (Å²) < 4.78 is 51.2. The highest BCUT2D eigenvalue weighted by molar-refractivity contribution is 7.91. The number of benzene rings is 3. The fourth-order valence-corrected chi connectivity index (χ4v) is 4.50. The Morgan fingerprint density at radius 3 is 2.30 bits per heavy atom. The summed E-state index contributed by atoms with van der Waals surface area (Å²) in [7, 11) is -4.01. The number of sulfone groups is 1. The molecule has 1 aromatic heterocycles. The van der Waals surface area contributed by atoms with E-state index in [1.54, 1.807) is 36.4 Å². The quantitative estimate of drug-likeness (QED) is 0.330. The van der Waals surface area contributed by atoms with Crippen LogP contribution < -0.4 is 10.1 Å². The lowest BCUT2D eigenvalue weighted by atomic mass is 10.2. The first-order valence-corrected chi connectivity index (χ1v) is 12.0. The molecule has 3 aromatic carbocycles. The molecule has 0 radical (unpaired) electrons. The van der Waals surface area contributed by atoms with Crippen LogP contribution in [0.25, 0.3) is 11.5 Å². The van der Waals surface area contributed by atoms with Crippen LogP contribution in [-0.2, 0) is 16.4 Å². The van der Waals surface area contributed by atoms with E-state index in [0.717, 1.165) is 5.56 Å². The second-order valence-electron chi connectivity index (χ2n) is 7.05. The Morgan fingerprint density at radius 2 is 1.67 bits per heavy atom. The molecule has 6 nitrogen and oxygen atoms in total. The van der Waals surface area contributed by atoms with Crippen LogP contribution in [0.4, 0.5) is 10.3 Å². The maximum atomic E-state index is 13.3. The van der Waals surface area contributed by atoms with Crippen molar-refractivity contribution >= 4 is 27.3 Å². The largest absolute Gasteiger partial charge is 0.494 e. The summed E-state index contributed by atoms with van der Waals surface area (Å²) in [6, 6.07) is 18.6. The van der Waals surface area contributed by atoms with E-state index in [1.165, 1.54) is 36.4 Å². The number of halogens is 2. The maximum absolute atomic E-state index is 13.3. The Morgan fingerprint density at radius 1 is 1.00 bits per heavy atom. The molecule has 0 saturated carbocycles. The average Bonchev–Trinajstić information content (AvgIpc) is 3.25. The number of oxazole rings is 1. The lowest BCUT2D eigenvalue weighted by Gasteiger charge is -2.06. The monoisotopic (exact) mass is 486 g/mol. The van der Waals surface area contributed by atoms with Crippen LogP contribution in [0.1, 0.15) is 12.5 Å². The maximum Gasteiger partial charge on any atom is 0.234 e. The molecule has 9 heteroatoms. The third kappa shape index (κ3) is 5.18. The zero-order chi connectivity index (χ0) is 23.4. The van der Waals surface area contributed by atoms with Crippen molar-refractivity contribution in [3.63, 3.8) is 0 Å². The van der Waals surface area contributed by atoms with Gasteiger partial charge in [-0.15, -0.1) is 0 Å². The van der Waals surface area contributed by atoms with Crippen LogP contribution in [0.2, 0.25) is 5.02 Å². The molecule has 1 heterocycles. The zero-order valence-corrected chi connectivity index (χ0v) is 19.2. The van der Waals surface area contributed by atoms with Gasteiger partial charge >= 0.3 is 0 Å². The van der Waals surface area contributed by atoms with Crippen LogP contribution in [0.15, 0.2) is 87.1 Å². The second kappa shape index (κ2) is 9.64. The zero-order valence-electron chi connectivity index (χ0n) is 17.6. The molecular formula is C24H20ClFN2O4S. The van der Waals surface area contributed by atoms with Crippen molar-refractivity contribution in [2.24, 2.45) is 0 Å². The van der Waals surface area contributed by atoms with E-state index in [9.17, 15) is 12.8 Å². The number of rotatable bonds is 8. The number of anilines is 1. The van der Waals surface area contributed by atoms with Crippen LogP contribution >= 0.6 is 11.6 Å². The van der Waals surface area contributed by atoms with E-state index in [4.69, 9.17) is 20.8 Å². The molecule has 0 saturated heterocycles. The van der Waals surface area contributed by atoms with Crippen molar-refractivity contribution in [3.05, 3.63) is 89.2 Å². The third-order valence-corrected chi connectivity index (χ3v) is 6.68. The first-order chi connectivity index (χ1) is 15.9. The summed E-state index contributed by atoms with van der Waals surface area (Å²) in [6.45, 7) is 2.62. The predicted octanol–water partition coefficient (Wildman–Crippen LogP) is 5.98. The summed E-state index contributed by atoms with van der Waals surface area (Å²) in [5.74, 6) is 0.434. The molecule has 0 fully saturated rings. The van der Waals surface area contributed by atoms with E-state index >= 15 is 0 Å². The molecule has 4 rings (SSSR count). The Labute approximate surface area is 195 Å². The number of aromatic nitrogens is 1. The summed E-state index contributed by atoms with van der Waals surface area (Å²) in [5, 5.41) is 3.14. The Balaban J connectivity index is 1.72. The molecule has 33 heavy (non-hydrogen) atoms. The van der Waals surface area contributed by atoms with Gasteiger partial charge in [-0.25, -0.2) is 12.8 Å². The Bertz CT molecular complexity index is 1340. The van der Waals surface area contributed by atoms with Gasteiger partial charge in [-0.1, -0.05) is 23.7 Å². The van der Waals surface area contributed by atoms with Crippen molar-refractivity contribution in [2.45, 2.75) is 23.4 Å². The molecular weight excluding hydrogens is 467 g/mol. The minimum atomic E-state index is -4.01. The molecule has 0 atom stereocenters. The molecule has 0 aliphatic carbocycles. The van der Waals surface area contributed by atoms with Crippen LogP contribution in [0, 0.1) is 5.82 Å². The van der Waals surface area contributed by atoms with Gasteiger partial charge < -0.3 is 14.5 Å². The van der Waals surface area contributed by atoms with Gasteiger partial charge in [0.2, 0.25) is 26.6 Å². The lowest BCUT2D eigenvalue weighted by Crippen LogP contribution is -2.07. The fraction of sp³-hybridized carbons (Fsp3) is 0.125. The number of nitrogens with one attached hydrogen (secondary N) is 1. The van der Waals surface area contributed by atoms with Gasteiger partial charge in [0.1, 0.15) is 11.6 Å². The Hall–Kier alpha value is -3.36. The van der Waals surface area contributed by atoms with Crippen LogP contribution in [0.3, 0.4) is 0 Å². The molecule has 0 aliphatic rings. The molecule has 0 spiro atoms. The van der Waals surface area contributed by atoms with Gasteiger partial charge in [0.15, 0.2) is 0 Å². The number of hydrogen-bond acceptors (Lipinski definition) is 6. The van der Waals surface area contributed by atoms with E-state index in [1.807, 2.05) is 6.92 Å². The average molecular weight is 487 g/mol. The summed E-state index contributed by atoms with van der Waals surface area (Å²) >= 11 is 5.91. The van der Waals surface area contributed by atoms with Gasteiger partial charge in [0.25, 0.3) is 0 Å². The molecule has 4 aromatic rings. The third-order valence-electron chi connectivity index (χ3n) is 4.75. The van der Waals surface area contributed by atoms with Gasteiger partial charge in [-0.3, -0.25) is 0 Å². The normalized spacial score (nSPS) is 11.4. The lowest BCUT2D eigenvalue weighted by molar-refractivity contribution is 0.340. The number of ether oxygens (including phenoxy) is 1. The van der Waals surface area contributed by atoms with Crippen molar-refractivity contribution in [2.75, 3.05) is 11.9 Å². The number of nitrogens with zero attached hydrogens (tertiary/aromatic N) is 1. The molecule has 0 amide bonds. The number of hydrogen-bond donors (Lipinski definition) is 1. The van der Waals surface area contributed by atoms with Crippen LogP contribution in [-0.4, -0.2) is 20.0 Å². The standard InChI is InChI=1S/C24H20ClFN2O4S/c1-2-31-20-11-5-17(6-12-20)22-28-24(33(29,30)21-13-7-18(25)8-14-21)23(32-22)27-15-16-3-9-19(26)10-4-16/h3-14,27H,2,15H2,1H3. The molecule has 0 bridgehead atoms. The smallest absolute Gasteiger partial charge is 0.234 e. The van der Waals surface area contributed by atoms with Gasteiger partial charge in [0, 0.05) is 17.1 Å². The highest BCUT2D eigenvalue weighted by Crippen LogP contribution is 2.33. The van der Waals surface area contributed by atoms with Crippen molar-refractivity contribution in [3.8, 4) is 17.2 Å². The fourth-order valence-electron chi connectivity index (χ4n) is 3.09. The molecule has 0 aliphatic heterocycles. The van der Waals surface area contributed by atoms with E-state index < -0.39 is 9.84 Å². The summed E-state index contributed by atoms with van der Waals surface area (Å²) in [5.41, 5.74) is 1.33. The second-order valence-corrected chi connectivity index (χ2v) is 9.35. The summed E-state index contributed by atoms with van der Waals surface area (Å²) in [4.78, 5) is 4.33. The minimum Gasteiger partial charge on any atom is -0.494 e. The molecule has 0 unspecified atom stereocenters. The molecule has 1 N–H and O–H groups in total.